The first-order chi connectivity index (χ1) is 17.9. The second-order valence-electron chi connectivity index (χ2n) is 9.52. The molecule has 0 bridgehead atoms. The fourth-order valence-electron chi connectivity index (χ4n) is 5.41. The third-order valence-electron chi connectivity index (χ3n) is 7.42. The maximum absolute atomic E-state index is 13.1. The number of halogens is 3. The average molecular weight is 499 g/mol. The van der Waals surface area contributed by atoms with Crippen molar-refractivity contribution in [3.63, 3.8) is 0 Å². The minimum atomic E-state index is -4.39. The van der Waals surface area contributed by atoms with E-state index in [2.05, 4.69) is 80.5 Å². The first kappa shape index (κ1) is 23.3. The molecule has 1 aliphatic rings. The molecule has 37 heavy (non-hydrogen) atoms. The molecule has 0 amide bonds. The van der Waals surface area contributed by atoms with Crippen LogP contribution in [0.1, 0.15) is 29.5 Å². The molecule has 6 rings (SSSR count). The van der Waals surface area contributed by atoms with Crippen molar-refractivity contribution in [1.29, 1.82) is 0 Å². The first-order valence-corrected chi connectivity index (χ1v) is 12.3. The Morgan fingerprint density at radius 2 is 1.43 bits per heavy atom. The Morgan fingerprint density at radius 1 is 0.784 bits per heavy atom. The highest BCUT2D eigenvalue weighted by atomic mass is 19.4. The summed E-state index contributed by atoms with van der Waals surface area (Å²) in [5.74, 6) is 1.38. The monoisotopic (exact) mass is 498 g/mol. The van der Waals surface area contributed by atoms with Gasteiger partial charge in [0.2, 0.25) is 0 Å². The molecule has 2 aromatic heterocycles. The van der Waals surface area contributed by atoms with E-state index >= 15 is 0 Å². The molecule has 1 aliphatic heterocycles. The molecule has 4 nitrogen and oxygen atoms in total. The summed E-state index contributed by atoms with van der Waals surface area (Å²) in [6.07, 6.45) is -0.727. The van der Waals surface area contributed by atoms with Gasteiger partial charge in [0.1, 0.15) is 11.6 Å². The Kier molecular flexibility index (Phi) is 5.71. The minimum absolute atomic E-state index is 0.0392. The van der Waals surface area contributed by atoms with E-state index in [4.69, 9.17) is 0 Å². The normalized spacial score (nSPS) is 15.7. The molecule has 5 aromatic rings. The van der Waals surface area contributed by atoms with Crippen LogP contribution in [0.4, 0.5) is 19.0 Å². The molecule has 0 atom stereocenters. The summed E-state index contributed by atoms with van der Waals surface area (Å²) in [5, 5.41) is 0. The van der Waals surface area contributed by atoms with Crippen LogP contribution in [0, 0.1) is 0 Å². The third kappa shape index (κ3) is 4.35. The number of piperidine rings is 1. The zero-order chi connectivity index (χ0) is 25.5. The van der Waals surface area contributed by atoms with Gasteiger partial charge in [0.25, 0.3) is 0 Å². The van der Waals surface area contributed by atoms with E-state index in [0.29, 0.717) is 16.9 Å². The predicted molar refractivity (Wildman–Crippen MR) is 139 cm³/mol. The Morgan fingerprint density at radius 3 is 2.00 bits per heavy atom. The maximum Gasteiger partial charge on any atom is 0.416 e. The summed E-state index contributed by atoms with van der Waals surface area (Å²) in [6, 6.07) is 28.8. The van der Waals surface area contributed by atoms with Crippen molar-refractivity contribution in [2.24, 2.45) is 0 Å². The van der Waals surface area contributed by atoms with Gasteiger partial charge >= 0.3 is 6.18 Å². The SMILES string of the molecule is FC(F)(F)c1ccc2nc(-c3ccc(N4CCC(c5ccccc5)(c5ccccc5)CC4)nc3)[nH]c2c1. The van der Waals surface area contributed by atoms with Crippen molar-refractivity contribution in [3.8, 4) is 11.4 Å². The van der Waals surface area contributed by atoms with Crippen LogP contribution < -0.4 is 4.90 Å². The highest BCUT2D eigenvalue weighted by molar-refractivity contribution is 5.80. The second-order valence-corrected chi connectivity index (χ2v) is 9.52. The van der Waals surface area contributed by atoms with Gasteiger partial charge in [0.15, 0.2) is 0 Å². The number of pyridine rings is 1. The number of hydrogen-bond donors (Lipinski definition) is 1. The van der Waals surface area contributed by atoms with E-state index in [-0.39, 0.29) is 5.41 Å². The van der Waals surface area contributed by atoms with E-state index in [0.717, 1.165) is 49.4 Å². The van der Waals surface area contributed by atoms with Crippen molar-refractivity contribution in [2.75, 3.05) is 18.0 Å². The van der Waals surface area contributed by atoms with E-state index in [1.807, 2.05) is 12.1 Å². The lowest BCUT2D eigenvalue weighted by atomic mass is 9.68. The lowest BCUT2D eigenvalue weighted by molar-refractivity contribution is -0.137. The van der Waals surface area contributed by atoms with Crippen molar-refractivity contribution >= 4 is 16.9 Å². The van der Waals surface area contributed by atoms with Crippen LogP contribution in [-0.4, -0.2) is 28.0 Å². The average Bonchev–Trinajstić information content (AvgIpc) is 3.37. The summed E-state index contributed by atoms with van der Waals surface area (Å²) < 4.78 is 39.2. The lowest BCUT2D eigenvalue weighted by Gasteiger charge is -2.43. The highest BCUT2D eigenvalue weighted by Crippen LogP contribution is 2.42. The van der Waals surface area contributed by atoms with Gasteiger partial charge in [-0.25, -0.2) is 9.97 Å². The Bertz CT molecular complexity index is 1460. The molecule has 1 N–H and O–H groups in total. The van der Waals surface area contributed by atoms with E-state index in [1.165, 1.54) is 17.2 Å². The molecular weight excluding hydrogens is 473 g/mol. The van der Waals surface area contributed by atoms with Crippen LogP contribution in [-0.2, 0) is 11.6 Å². The smallest absolute Gasteiger partial charge is 0.357 e. The topological polar surface area (TPSA) is 44.8 Å². The van der Waals surface area contributed by atoms with E-state index < -0.39 is 11.7 Å². The fraction of sp³-hybridized carbons (Fsp3) is 0.200. The van der Waals surface area contributed by atoms with Gasteiger partial charge in [-0.2, -0.15) is 13.2 Å². The molecule has 186 valence electrons. The Labute approximate surface area is 212 Å². The largest absolute Gasteiger partial charge is 0.416 e. The van der Waals surface area contributed by atoms with Gasteiger partial charge < -0.3 is 9.88 Å². The number of aromatic amines is 1. The number of fused-ring (bicyclic) bond motifs is 1. The highest BCUT2D eigenvalue weighted by Gasteiger charge is 2.38. The van der Waals surface area contributed by atoms with E-state index in [9.17, 15) is 13.2 Å². The number of anilines is 1. The number of benzene rings is 3. The number of aromatic nitrogens is 3. The Balaban J connectivity index is 1.22. The quantitative estimate of drug-likeness (QED) is 0.284. The van der Waals surface area contributed by atoms with Crippen molar-refractivity contribution in [3.05, 3.63) is 114 Å². The van der Waals surface area contributed by atoms with Crippen molar-refractivity contribution < 1.29 is 13.2 Å². The fourth-order valence-corrected chi connectivity index (χ4v) is 5.41. The summed E-state index contributed by atoms with van der Waals surface area (Å²) in [6.45, 7) is 1.72. The number of nitrogens with one attached hydrogen (secondary N) is 1. The second kappa shape index (κ2) is 9.07. The Hall–Kier alpha value is -4.13. The van der Waals surface area contributed by atoms with Crippen LogP contribution in [0.15, 0.2) is 97.2 Å². The zero-order valence-electron chi connectivity index (χ0n) is 20.0. The van der Waals surface area contributed by atoms with Gasteiger partial charge in [0, 0.05) is 30.3 Å². The number of rotatable bonds is 4. The maximum atomic E-state index is 13.1. The number of hydrogen-bond acceptors (Lipinski definition) is 3. The molecule has 0 unspecified atom stereocenters. The van der Waals surface area contributed by atoms with Crippen molar-refractivity contribution in [1.82, 2.24) is 15.0 Å². The van der Waals surface area contributed by atoms with Crippen LogP contribution >= 0.6 is 0 Å². The molecule has 0 aliphatic carbocycles. The first-order valence-electron chi connectivity index (χ1n) is 12.3. The lowest BCUT2D eigenvalue weighted by Crippen LogP contribution is -2.43. The number of alkyl halides is 3. The molecule has 1 fully saturated rings. The zero-order valence-corrected chi connectivity index (χ0v) is 20.0. The van der Waals surface area contributed by atoms with Crippen LogP contribution in [0.25, 0.3) is 22.4 Å². The summed E-state index contributed by atoms with van der Waals surface area (Å²) in [7, 11) is 0. The molecule has 3 heterocycles. The van der Waals surface area contributed by atoms with Crippen molar-refractivity contribution in [2.45, 2.75) is 24.4 Å². The molecule has 0 saturated carbocycles. The van der Waals surface area contributed by atoms with Gasteiger partial charge in [-0.05, 0) is 54.3 Å². The van der Waals surface area contributed by atoms with Crippen LogP contribution in [0.2, 0.25) is 0 Å². The number of H-pyrrole nitrogens is 1. The van der Waals surface area contributed by atoms with Crippen LogP contribution in [0.3, 0.4) is 0 Å². The molecule has 1 saturated heterocycles. The summed E-state index contributed by atoms with van der Waals surface area (Å²) >= 11 is 0. The minimum Gasteiger partial charge on any atom is -0.357 e. The summed E-state index contributed by atoms with van der Waals surface area (Å²) in [4.78, 5) is 14.4. The number of nitrogens with zero attached hydrogens (tertiary/aromatic N) is 3. The standard InChI is InChI=1S/C30H25F3N4/c31-30(32,33)24-12-13-25-26(19-24)36-28(35-25)21-11-14-27(34-20-21)37-17-15-29(16-18-37,22-7-3-1-4-8-22)23-9-5-2-6-10-23/h1-14,19-20H,15-18H2,(H,35,36). The van der Waals surface area contributed by atoms with E-state index in [1.54, 1.807) is 6.20 Å². The van der Waals surface area contributed by atoms with Gasteiger partial charge in [-0.1, -0.05) is 60.7 Å². The summed E-state index contributed by atoms with van der Waals surface area (Å²) in [5.41, 5.74) is 3.50. The van der Waals surface area contributed by atoms with Crippen LogP contribution in [0.5, 0.6) is 0 Å². The molecule has 0 radical (unpaired) electrons. The van der Waals surface area contributed by atoms with Gasteiger partial charge in [-0.15, -0.1) is 0 Å². The molecule has 3 aromatic carbocycles. The van der Waals surface area contributed by atoms with Gasteiger partial charge in [0.05, 0.1) is 16.6 Å². The van der Waals surface area contributed by atoms with Gasteiger partial charge in [-0.3, -0.25) is 0 Å². The molecule has 7 heteroatoms. The third-order valence-corrected chi connectivity index (χ3v) is 7.42. The number of imidazole rings is 1. The predicted octanol–water partition coefficient (Wildman–Crippen LogP) is 7.23. The molecular formula is C30H25F3N4. The molecule has 0 spiro atoms.